The molecule has 0 saturated heterocycles. The lowest BCUT2D eigenvalue weighted by molar-refractivity contribution is -0.153. The van der Waals surface area contributed by atoms with Gasteiger partial charge in [-0.1, -0.05) is 25.3 Å². The Balaban J connectivity index is 0. The maximum absolute atomic E-state index is 10.7. The van der Waals surface area contributed by atoms with E-state index in [4.69, 9.17) is 11.6 Å². The molecule has 0 radical (unpaired) electrons. The van der Waals surface area contributed by atoms with Crippen molar-refractivity contribution in [2.75, 3.05) is 5.88 Å². The molecule has 0 bridgehead atoms. The summed E-state index contributed by atoms with van der Waals surface area (Å²) in [6.45, 7) is 15.0. The van der Waals surface area contributed by atoms with Crippen molar-refractivity contribution in [3.63, 3.8) is 0 Å². The monoisotopic (exact) mass is 244 g/mol. The summed E-state index contributed by atoms with van der Waals surface area (Å²) in [6, 6.07) is 0. The standard InChI is InChI=1S/C8H10O3.C4H7Cl/c1-5(2)7(9)11-8(10)6(3)4;1-4(2)3-5/h1,3H2,2,4H3;1,3H2,2H3. The summed E-state index contributed by atoms with van der Waals surface area (Å²) in [6.07, 6.45) is 0. The van der Waals surface area contributed by atoms with Crippen LogP contribution in [0.15, 0.2) is 36.5 Å². The second-order valence-electron chi connectivity index (χ2n) is 3.33. The van der Waals surface area contributed by atoms with E-state index in [0.29, 0.717) is 5.88 Å². The number of carbonyl (C=O) groups is 2. The van der Waals surface area contributed by atoms with Crippen LogP contribution in [0.4, 0.5) is 0 Å². The average molecular weight is 245 g/mol. The molecule has 0 N–H and O–H groups in total. The maximum Gasteiger partial charge on any atom is 0.340 e. The summed E-state index contributed by atoms with van der Waals surface area (Å²) >= 11 is 5.24. The van der Waals surface area contributed by atoms with Crippen LogP contribution in [0.5, 0.6) is 0 Å². The molecule has 0 unspecified atom stereocenters. The Morgan fingerprint density at radius 1 is 1.00 bits per heavy atom. The zero-order chi connectivity index (χ0) is 13.3. The van der Waals surface area contributed by atoms with Gasteiger partial charge in [0.25, 0.3) is 0 Å². The Kier molecular flexibility index (Phi) is 9.51. The summed E-state index contributed by atoms with van der Waals surface area (Å²) in [4.78, 5) is 21.3. The normalized spacial score (nSPS) is 8.25. The summed E-state index contributed by atoms with van der Waals surface area (Å²) in [7, 11) is 0. The fourth-order valence-corrected chi connectivity index (χ4v) is 0.258. The van der Waals surface area contributed by atoms with Crippen molar-refractivity contribution in [1.82, 2.24) is 0 Å². The minimum Gasteiger partial charge on any atom is -0.386 e. The third-order valence-electron chi connectivity index (χ3n) is 1.11. The molecule has 0 aromatic rings. The number of hydrogen-bond acceptors (Lipinski definition) is 3. The highest BCUT2D eigenvalue weighted by molar-refractivity contribution is 6.19. The van der Waals surface area contributed by atoms with Gasteiger partial charge in [0, 0.05) is 17.0 Å². The third kappa shape index (κ3) is 10.7. The third-order valence-corrected chi connectivity index (χ3v) is 1.57. The van der Waals surface area contributed by atoms with E-state index >= 15 is 0 Å². The van der Waals surface area contributed by atoms with Crippen LogP contribution in [0.3, 0.4) is 0 Å². The molecule has 0 amide bonds. The van der Waals surface area contributed by atoms with E-state index in [9.17, 15) is 9.59 Å². The smallest absolute Gasteiger partial charge is 0.340 e. The average Bonchev–Trinajstić information content (AvgIpc) is 2.18. The number of hydrogen-bond donors (Lipinski definition) is 0. The molecule has 0 aliphatic heterocycles. The highest BCUT2D eigenvalue weighted by Crippen LogP contribution is 1.97. The van der Waals surface area contributed by atoms with Gasteiger partial charge in [0.2, 0.25) is 0 Å². The molecule has 0 spiro atoms. The predicted molar refractivity (Wildman–Crippen MR) is 66.3 cm³/mol. The van der Waals surface area contributed by atoms with E-state index in [1.807, 2.05) is 6.92 Å². The minimum absolute atomic E-state index is 0.194. The molecule has 0 fully saturated rings. The summed E-state index contributed by atoms with van der Waals surface area (Å²) in [5.41, 5.74) is 1.41. The first kappa shape index (κ1) is 17.1. The van der Waals surface area contributed by atoms with Gasteiger partial charge < -0.3 is 4.74 Å². The van der Waals surface area contributed by atoms with Crippen molar-refractivity contribution >= 4 is 23.5 Å². The molecule has 0 heterocycles. The van der Waals surface area contributed by atoms with Gasteiger partial charge in [-0.25, -0.2) is 9.59 Å². The van der Waals surface area contributed by atoms with Gasteiger partial charge in [0.1, 0.15) is 0 Å². The molecular formula is C12H17ClO3. The topological polar surface area (TPSA) is 43.4 Å². The van der Waals surface area contributed by atoms with Gasteiger partial charge in [-0.05, 0) is 20.8 Å². The van der Waals surface area contributed by atoms with E-state index in [0.717, 1.165) is 5.57 Å². The fourth-order valence-electron chi connectivity index (χ4n) is 0.258. The van der Waals surface area contributed by atoms with Crippen LogP contribution >= 0.6 is 11.6 Å². The van der Waals surface area contributed by atoms with Gasteiger partial charge in [0.05, 0.1) is 0 Å². The molecule has 16 heavy (non-hydrogen) atoms. The molecular weight excluding hydrogens is 228 g/mol. The quantitative estimate of drug-likeness (QED) is 0.252. The van der Waals surface area contributed by atoms with Crippen molar-refractivity contribution < 1.29 is 14.3 Å². The van der Waals surface area contributed by atoms with Crippen molar-refractivity contribution in [3.05, 3.63) is 36.5 Å². The van der Waals surface area contributed by atoms with E-state index in [1.54, 1.807) is 0 Å². The van der Waals surface area contributed by atoms with Gasteiger partial charge in [-0.15, -0.1) is 11.6 Å². The first-order chi connectivity index (χ1) is 7.22. The molecule has 0 atom stereocenters. The summed E-state index contributed by atoms with van der Waals surface area (Å²) < 4.78 is 4.30. The van der Waals surface area contributed by atoms with Crippen molar-refractivity contribution in [2.24, 2.45) is 0 Å². The molecule has 0 rings (SSSR count). The number of alkyl halides is 1. The molecule has 0 aromatic heterocycles. The zero-order valence-corrected chi connectivity index (χ0v) is 10.7. The van der Waals surface area contributed by atoms with Crippen molar-refractivity contribution in [2.45, 2.75) is 20.8 Å². The molecule has 4 heteroatoms. The second-order valence-corrected chi connectivity index (χ2v) is 3.60. The Labute approximate surface area is 101 Å². The van der Waals surface area contributed by atoms with Gasteiger partial charge in [-0.3, -0.25) is 0 Å². The number of carbonyl (C=O) groups excluding carboxylic acids is 2. The van der Waals surface area contributed by atoms with E-state index in [1.165, 1.54) is 13.8 Å². The van der Waals surface area contributed by atoms with Crippen LogP contribution < -0.4 is 0 Å². The minimum atomic E-state index is -0.710. The van der Waals surface area contributed by atoms with Gasteiger partial charge in [-0.2, -0.15) is 0 Å². The van der Waals surface area contributed by atoms with E-state index < -0.39 is 11.9 Å². The maximum atomic E-state index is 10.7. The Hall–Kier alpha value is -1.35. The first-order valence-electron chi connectivity index (χ1n) is 4.50. The number of ether oxygens (including phenoxy) is 1. The largest absolute Gasteiger partial charge is 0.386 e. The van der Waals surface area contributed by atoms with Crippen LogP contribution in [0, 0.1) is 0 Å². The van der Waals surface area contributed by atoms with Crippen LogP contribution in [-0.4, -0.2) is 17.8 Å². The van der Waals surface area contributed by atoms with E-state index in [-0.39, 0.29) is 11.1 Å². The number of rotatable bonds is 3. The SMILES string of the molecule is C=C(C)C(=O)OC(=O)C(=C)C.C=C(C)CCl. The van der Waals surface area contributed by atoms with E-state index in [2.05, 4.69) is 24.5 Å². The van der Waals surface area contributed by atoms with Crippen LogP contribution in [-0.2, 0) is 14.3 Å². The molecule has 90 valence electrons. The molecule has 0 aliphatic rings. The second kappa shape index (κ2) is 8.92. The lowest BCUT2D eigenvalue weighted by Crippen LogP contribution is -2.12. The molecule has 0 saturated carbocycles. The van der Waals surface area contributed by atoms with Crippen LogP contribution in [0.25, 0.3) is 0 Å². The summed E-state index contributed by atoms with van der Waals surface area (Å²) in [5, 5.41) is 0. The number of esters is 2. The Bertz CT molecular complexity index is 292. The Morgan fingerprint density at radius 2 is 1.25 bits per heavy atom. The van der Waals surface area contributed by atoms with Gasteiger partial charge in [0.15, 0.2) is 0 Å². The van der Waals surface area contributed by atoms with Gasteiger partial charge >= 0.3 is 11.9 Å². The molecule has 0 aliphatic carbocycles. The lowest BCUT2D eigenvalue weighted by Gasteiger charge is -1.99. The Morgan fingerprint density at radius 3 is 1.38 bits per heavy atom. The van der Waals surface area contributed by atoms with Crippen molar-refractivity contribution in [1.29, 1.82) is 0 Å². The van der Waals surface area contributed by atoms with Crippen LogP contribution in [0.2, 0.25) is 0 Å². The highest BCUT2D eigenvalue weighted by atomic mass is 35.5. The zero-order valence-electron chi connectivity index (χ0n) is 9.93. The summed E-state index contributed by atoms with van der Waals surface area (Å²) in [5.74, 6) is -0.837. The van der Waals surface area contributed by atoms with Crippen molar-refractivity contribution in [3.8, 4) is 0 Å². The first-order valence-corrected chi connectivity index (χ1v) is 5.03. The predicted octanol–water partition coefficient (Wildman–Crippen LogP) is 3.01. The molecule has 3 nitrogen and oxygen atoms in total. The number of halogens is 1. The highest BCUT2D eigenvalue weighted by Gasteiger charge is 2.10. The molecule has 0 aromatic carbocycles. The van der Waals surface area contributed by atoms with Crippen LogP contribution in [0.1, 0.15) is 20.8 Å². The number of allylic oxidation sites excluding steroid dienone is 1. The fraction of sp³-hybridized carbons (Fsp3) is 0.333. The lowest BCUT2D eigenvalue weighted by atomic mass is 10.3.